The molecule has 0 saturated carbocycles. The van der Waals surface area contributed by atoms with Crippen LogP contribution in [0.1, 0.15) is 6.92 Å². The highest BCUT2D eigenvalue weighted by atomic mass is 19.4. The van der Waals surface area contributed by atoms with Gasteiger partial charge in [0, 0.05) is 0 Å². The largest absolute Gasteiger partial charge is 0.428 e. The van der Waals surface area contributed by atoms with Gasteiger partial charge < -0.3 is 4.74 Å². The van der Waals surface area contributed by atoms with Crippen molar-refractivity contribution in [3.63, 3.8) is 0 Å². The lowest BCUT2D eigenvalue weighted by atomic mass is 10.3. The standard InChI is InChI=1S/C5H6F6O/c1-2-12-5(10,11)3(6)4(7,8)9/h3H,2H2,1H3. The van der Waals surface area contributed by atoms with E-state index in [1.54, 1.807) is 0 Å². The highest BCUT2D eigenvalue weighted by Crippen LogP contribution is 2.35. The van der Waals surface area contributed by atoms with Gasteiger partial charge in [0.15, 0.2) is 0 Å². The molecule has 0 aliphatic carbocycles. The van der Waals surface area contributed by atoms with Gasteiger partial charge >= 0.3 is 12.3 Å². The third-order valence-electron chi connectivity index (χ3n) is 0.919. The van der Waals surface area contributed by atoms with Gasteiger partial charge in [0.1, 0.15) is 0 Å². The smallest absolute Gasteiger partial charge is 0.318 e. The molecule has 0 aliphatic rings. The zero-order valence-corrected chi connectivity index (χ0v) is 5.96. The Balaban J connectivity index is 4.34. The van der Waals surface area contributed by atoms with E-state index in [4.69, 9.17) is 0 Å². The minimum atomic E-state index is -5.60. The molecule has 0 saturated heterocycles. The van der Waals surface area contributed by atoms with E-state index < -0.39 is 25.1 Å². The molecule has 12 heavy (non-hydrogen) atoms. The molecule has 0 aromatic carbocycles. The van der Waals surface area contributed by atoms with E-state index in [9.17, 15) is 26.3 Å². The van der Waals surface area contributed by atoms with Crippen LogP contribution in [-0.4, -0.2) is 25.1 Å². The Kier molecular flexibility index (Phi) is 3.37. The summed E-state index contributed by atoms with van der Waals surface area (Å²) in [5.74, 6) is 0. The second kappa shape index (κ2) is 3.51. The van der Waals surface area contributed by atoms with E-state index in [1.165, 1.54) is 0 Å². The van der Waals surface area contributed by atoms with Crippen molar-refractivity contribution < 1.29 is 31.1 Å². The normalized spacial score (nSPS) is 16.2. The van der Waals surface area contributed by atoms with Crippen LogP contribution in [0.3, 0.4) is 0 Å². The van der Waals surface area contributed by atoms with Crippen LogP contribution in [-0.2, 0) is 4.74 Å². The number of hydrogen-bond acceptors (Lipinski definition) is 1. The van der Waals surface area contributed by atoms with Gasteiger partial charge in [-0.3, -0.25) is 0 Å². The molecule has 74 valence electrons. The Morgan fingerprint density at radius 2 is 1.58 bits per heavy atom. The molecular weight excluding hydrogens is 190 g/mol. The highest BCUT2D eigenvalue weighted by molar-refractivity contribution is 4.74. The maximum Gasteiger partial charge on any atom is 0.428 e. The second-order valence-corrected chi connectivity index (χ2v) is 1.90. The number of hydrogen-bond donors (Lipinski definition) is 0. The summed E-state index contributed by atoms with van der Waals surface area (Å²) in [5, 5.41) is 0. The van der Waals surface area contributed by atoms with Crippen LogP contribution in [0.4, 0.5) is 26.3 Å². The Morgan fingerprint density at radius 1 is 1.17 bits per heavy atom. The molecule has 0 aromatic heterocycles. The molecule has 0 amide bonds. The van der Waals surface area contributed by atoms with Crippen LogP contribution in [0.15, 0.2) is 0 Å². The summed E-state index contributed by atoms with van der Waals surface area (Å²) >= 11 is 0. The second-order valence-electron chi connectivity index (χ2n) is 1.90. The van der Waals surface area contributed by atoms with Crippen molar-refractivity contribution in [2.24, 2.45) is 0 Å². The van der Waals surface area contributed by atoms with E-state index in [0.717, 1.165) is 6.92 Å². The maximum atomic E-state index is 12.0. The summed E-state index contributed by atoms with van der Waals surface area (Å²) in [4.78, 5) is 0. The monoisotopic (exact) mass is 196 g/mol. The van der Waals surface area contributed by atoms with Gasteiger partial charge in [0.2, 0.25) is 0 Å². The number of halogens is 6. The van der Waals surface area contributed by atoms with Crippen LogP contribution >= 0.6 is 0 Å². The molecule has 0 bridgehead atoms. The molecule has 0 aromatic rings. The summed E-state index contributed by atoms with van der Waals surface area (Å²) in [6.07, 6.45) is -14.7. The first-order valence-corrected chi connectivity index (χ1v) is 2.94. The molecule has 1 unspecified atom stereocenters. The Bertz CT molecular complexity index is 141. The molecule has 0 heterocycles. The van der Waals surface area contributed by atoms with Gasteiger partial charge in [-0.15, -0.1) is 0 Å². The Morgan fingerprint density at radius 3 is 1.83 bits per heavy atom. The van der Waals surface area contributed by atoms with Crippen molar-refractivity contribution in [2.45, 2.75) is 25.4 Å². The fraction of sp³-hybridized carbons (Fsp3) is 1.00. The molecule has 7 heteroatoms. The zero-order valence-electron chi connectivity index (χ0n) is 5.96. The van der Waals surface area contributed by atoms with Gasteiger partial charge in [-0.05, 0) is 6.92 Å². The molecular formula is C5H6F6O. The quantitative estimate of drug-likeness (QED) is 0.630. The van der Waals surface area contributed by atoms with Crippen LogP contribution < -0.4 is 0 Å². The first kappa shape index (κ1) is 11.5. The van der Waals surface area contributed by atoms with Crippen molar-refractivity contribution in [1.82, 2.24) is 0 Å². The fourth-order valence-electron chi connectivity index (χ4n) is 0.456. The zero-order chi connectivity index (χ0) is 9.99. The van der Waals surface area contributed by atoms with E-state index in [0.29, 0.717) is 0 Å². The lowest BCUT2D eigenvalue weighted by Crippen LogP contribution is -2.43. The summed E-state index contributed by atoms with van der Waals surface area (Å²) < 4.78 is 73.2. The minimum absolute atomic E-state index is 0.691. The van der Waals surface area contributed by atoms with E-state index in [1.807, 2.05) is 0 Å². The third kappa shape index (κ3) is 2.88. The van der Waals surface area contributed by atoms with Gasteiger partial charge in [0.05, 0.1) is 6.61 Å². The van der Waals surface area contributed by atoms with Crippen molar-refractivity contribution >= 4 is 0 Å². The SMILES string of the molecule is CCOC(F)(F)C(F)C(F)(F)F. The van der Waals surface area contributed by atoms with Gasteiger partial charge in [-0.2, -0.15) is 22.0 Å². The molecule has 1 nitrogen and oxygen atoms in total. The summed E-state index contributed by atoms with van der Waals surface area (Å²) in [7, 11) is 0. The topological polar surface area (TPSA) is 9.23 Å². The van der Waals surface area contributed by atoms with Gasteiger partial charge in [0.25, 0.3) is 6.17 Å². The Labute approximate surface area is 64.3 Å². The van der Waals surface area contributed by atoms with E-state index in [-0.39, 0.29) is 0 Å². The van der Waals surface area contributed by atoms with E-state index >= 15 is 0 Å². The fourth-order valence-corrected chi connectivity index (χ4v) is 0.456. The number of alkyl halides is 6. The number of rotatable bonds is 3. The number of ether oxygens (including phenoxy) is 1. The van der Waals surface area contributed by atoms with Crippen LogP contribution in [0.2, 0.25) is 0 Å². The average Bonchev–Trinajstić information content (AvgIpc) is 1.84. The third-order valence-corrected chi connectivity index (χ3v) is 0.919. The van der Waals surface area contributed by atoms with Crippen molar-refractivity contribution in [3.8, 4) is 0 Å². The predicted molar refractivity (Wildman–Crippen MR) is 27.5 cm³/mol. The lowest BCUT2D eigenvalue weighted by Gasteiger charge is -2.21. The molecule has 0 aliphatic heterocycles. The first-order chi connectivity index (χ1) is 5.22. The molecule has 0 N–H and O–H groups in total. The average molecular weight is 196 g/mol. The van der Waals surface area contributed by atoms with Gasteiger partial charge in [-0.1, -0.05) is 0 Å². The van der Waals surface area contributed by atoms with Crippen molar-refractivity contribution in [3.05, 3.63) is 0 Å². The summed E-state index contributed by atoms with van der Waals surface area (Å²) in [6, 6.07) is 0. The molecule has 0 radical (unpaired) electrons. The molecule has 0 rings (SSSR count). The minimum Gasteiger partial charge on any atom is -0.318 e. The molecule has 1 atom stereocenters. The summed E-state index contributed by atoms with van der Waals surface area (Å²) in [5.41, 5.74) is 0. The van der Waals surface area contributed by atoms with Crippen molar-refractivity contribution in [2.75, 3.05) is 6.61 Å². The van der Waals surface area contributed by atoms with Crippen LogP contribution in [0, 0.1) is 0 Å². The molecule has 0 spiro atoms. The molecule has 0 fully saturated rings. The predicted octanol–water partition coefficient (Wildman–Crippen LogP) is 2.52. The first-order valence-electron chi connectivity index (χ1n) is 2.94. The Hall–Kier alpha value is -0.460. The summed E-state index contributed by atoms with van der Waals surface area (Å²) in [6.45, 7) is 0.348. The lowest BCUT2D eigenvalue weighted by molar-refractivity contribution is -0.334. The van der Waals surface area contributed by atoms with E-state index in [2.05, 4.69) is 4.74 Å². The van der Waals surface area contributed by atoms with Crippen LogP contribution in [0.5, 0.6) is 0 Å². The maximum absolute atomic E-state index is 12.0. The van der Waals surface area contributed by atoms with Gasteiger partial charge in [-0.25, -0.2) is 4.39 Å². The highest BCUT2D eigenvalue weighted by Gasteiger charge is 2.57. The van der Waals surface area contributed by atoms with Crippen molar-refractivity contribution in [1.29, 1.82) is 0 Å². The van der Waals surface area contributed by atoms with Crippen LogP contribution in [0.25, 0.3) is 0 Å².